The molecule has 0 aliphatic carbocycles. The van der Waals surface area contributed by atoms with Crippen LogP contribution in [0.2, 0.25) is 0 Å². The molecule has 2 rings (SSSR count). The molecule has 0 spiro atoms. The van der Waals surface area contributed by atoms with E-state index in [0.717, 1.165) is 18.2 Å². The van der Waals surface area contributed by atoms with E-state index in [2.05, 4.69) is 5.32 Å². The molecule has 0 saturated carbocycles. The molecule has 7 nitrogen and oxygen atoms in total. The number of nitro benzene ring substituents is 1. The molecule has 0 aromatic heterocycles. The number of nitrogens with two attached hydrogens (primary N) is 1. The van der Waals surface area contributed by atoms with Crippen LogP contribution in [0, 0.1) is 10.1 Å². The fraction of sp³-hybridized carbons (Fsp3) is 0. The zero-order valence-corrected chi connectivity index (χ0v) is 10.2. The molecular formula is C13H11N3O4. The number of nitrogens with zero attached hydrogens (tertiary/aromatic N) is 1. The number of nitrogens with one attached hydrogen (secondary N) is 1. The van der Waals surface area contributed by atoms with E-state index in [-0.39, 0.29) is 22.7 Å². The fourth-order valence-corrected chi connectivity index (χ4v) is 1.61. The van der Waals surface area contributed by atoms with Crippen LogP contribution in [0.25, 0.3) is 0 Å². The number of nitrogen functional groups attached to an aromatic ring is 1. The minimum Gasteiger partial charge on any atom is -0.506 e. The van der Waals surface area contributed by atoms with E-state index in [1.165, 1.54) is 6.07 Å². The Morgan fingerprint density at radius 3 is 2.65 bits per heavy atom. The lowest BCUT2D eigenvalue weighted by Gasteiger charge is -2.07. The van der Waals surface area contributed by atoms with Gasteiger partial charge in [0.2, 0.25) is 0 Å². The van der Waals surface area contributed by atoms with Crippen LogP contribution < -0.4 is 11.1 Å². The Morgan fingerprint density at radius 1 is 1.25 bits per heavy atom. The van der Waals surface area contributed by atoms with E-state index in [1.54, 1.807) is 18.2 Å². The lowest BCUT2D eigenvalue weighted by molar-refractivity contribution is -0.384. The van der Waals surface area contributed by atoms with Crippen molar-refractivity contribution in [3.8, 4) is 5.75 Å². The van der Waals surface area contributed by atoms with Crippen LogP contribution in [0.5, 0.6) is 5.75 Å². The molecule has 2 aromatic rings. The van der Waals surface area contributed by atoms with Crippen molar-refractivity contribution in [1.82, 2.24) is 0 Å². The van der Waals surface area contributed by atoms with Crippen LogP contribution in [0.15, 0.2) is 42.5 Å². The molecule has 7 heteroatoms. The van der Waals surface area contributed by atoms with Crippen molar-refractivity contribution in [2.45, 2.75) is 0 Å². The lowest BCUT2D eigenvalue weighted by Crippen LogP contribution is -2.12. The molecule has 4 N–H and O–H groups in total. The van der Waals surface area contributed by atoms with Gasteiger partial charge in [-0.05, 0) is 24.3 Å². The monoisotopic (exact) mass is 273 g/mol. The van der Waals surface area contributed by atoms with Gasteiger partial charge < -0.3 is 16.2 Å². The van der Waals surface area contributed by atoms with E-state index in [0.29, 0.717) is 5.69 Å². The minimum atomic E-state index is -0.615. The number of aromatic hydroxyl groups is 1. The van der Waals surface area contributed by atoms with Gasteiger partial charge in [-0.15, -0.1) is 0 Å². The van der Waals surface area contributed by atoms with Crippen molar-refractivity contribution in [2.24, 2.45) is 0 Å². The summed E-state index contributed by atoms with van der Waals surface area (Å²) < 4.78 is 0. The number of hydrogen-bond acceptors (Lipinski definition) is 5. The number of carbonyl (C=O) groups excluding carboxylic acids is 1. The van der Waals surface area contributed by atoms with Gasteiger partial charge in [0.1, 0.15) is 5.75 Å². The number of hydrogen-bond donors (Lipinski definition) is 3. The highest BCUT2D eigenvalue weighted by Gasteiger charge is 2.13. The van der Waals surface area contributed by atoms with Gasteiger partial charge in [-0.2, -0.15) is 0 Å². The number of anilines is 2. The molecule has 102 valence electrons. The highest BCUT2D eigenvalue weighted by atomic mass is 16.6. The fourth-order valence-electron chi connectivity index (χ4n) is 1.61. The average Bonchev–Trinajstić information content (AvgIpc) is 2.41. The maximum atomic E-state index is 12.0. The first-order chi connectivity index (χ1) is 9.47. The first kappa shape index (κ1) is 13.3. The summed E-state index contributed by atoms with van der Waals surface area (Å²) in [5.74, 6) is -0.777. The Labute approximate surface area is 113 Å². The molecule has 2 aromatic carbocycles. The van der Waals surface area contributed by atoms with Crippen molar-refractivity contribution in [2.75, 3.05) is 11.1 Å². The van der Waals surface area contributed by atoms with Crippen molar-refractivity contribution in [3.05, 3.63) is 58.1 Å². The summed E-state index contributed by atoms with van der Waals surface area (Å²) in [5.41, 5.74) is 6.00. The summed E-state index contributed by atoms with van der Waals surface area (Å²) >= 11 is 0. The zero-order chi connectivity index (χ0) is 14.7. The third-order valence-electron chi connectivity index (χ3n) is 2.59. The van der Waals surface area contributed by atoms with Crippen LogP contribution in [0.4, 0.5) is 17.1 Å². The lowest BCUT2D eigenvalue weighted by atomic mass is 10.2. The third-order valence-corrected chi connectivity index (χ3v) is 2.59. The van der Waals surface area contributed by atoms with Crippen LogP contribution >= 0.6 is 0 Å². The smallest absolute Gasteiger partial charge is 0.271 e. The van der Waals surface area contributed by atoms with Crippen molar-refractivity contribution < 1.29 is 14.8 Å². The molecule has 0 unspecified atom stereocenters. The Kier molecular flexibility index (Phi) is 3.52. The van der Waals surface area contributed by atoms with Crippen LogP contribution in [0.1, 0.15) is 10.4 Å². The van der Waals surface area contributed by atoms with Gasteiger partial charge in [0.05, 0.1) is 10.6 Å². The molecule has 0 atom stereocenters. The van der Waals surface area contributed by atoms with E-state index < -0.39 is 10.8 Å². The van der Waals surface area contributed by atoms with Gasteiger partial charge in [0.25, 0.3) is 11.6 Å². The SMILES string of the molecule is Nc1cccc(C(=O)Nc2cc([N+](=O)[O-])ccc2O)c1. The molecule has 0 fully saturated rings. The maximum Gasteiger partial charge on any atom is 0.271 e. The number of phenols is 1. The highest BCUT2D eigenvalue weighted by Crippen LogP contribution is 2.28. The second kappa shape index (κ2) is 5.27. The zero-order valence-electron chi connectivity index (χ0n) is 10.2. The molecule has 0 aliphatic heterocycles. The largest absolute Gasteiger partial charge is 0.506 e. The summed E-state index contributed by atoms with van der Waals surface area (Å²) in [7, 11) is 0. The quantitative estimate of drug-likeness (QED) is 0.342. The van der Waals surface area contributed by atoms with Crippen molar-refractivity contribution in [3.63, 3.8) is 0 Å². The number of non-ortho nitro benzene ring substituents is 1. The van der Waals surface area contributed by atoms with E-state index in [1.807, 2.05) is 0 Å². The third kappa shape index (κ3) is 2.83. The summed E-state index contributed by atoms with van der Waals surface area (Å²) in [6.07, 6.45) is 0. The van der Waals surface area contributed by atoms with Crippen LogP contribution in [-0.4, -0.2) is 15.9 Å². The summed E-state index contributed by atoms with van der Waals surface area (Å²) in [4.78, 5) is 22.0. The van der Waals surface area contributed by atoms with Gasteiger partial charge in [0, 0.05) is 23.4 Å². The van der Waals surface area contributed by atoms with Gasteiger partial charge in [0.15, 0.2) is 0 Å². The first-order valence-electron chi connectivity index (χ1n) is 5.61. The molecule has 0 radical (unpaired) electrons. The molecule has 0 saturated heterocycles. The van der Waals surface area contributed by atoms with Gasteiger partial charge in [-0.3, -0.25) is 14.9 Å². The Hall–Kier alpha value is -3.09. The predicted octanol–water partition coefficient (Wildman–Crippen LogP) is 2.13. The van der Waals surface area contributed by atoms with Crippen LogP contribution in [0.3, 0.4) is 0 Å². The number of phenolic OH excluding ortho intramolecular Hbond substituents is 1. The number of amides is 1. The number of nitro groups is 1. The van der Waals surface area contributed by atoms with E-state index >= 15 is 0 Å². The second-order valence-electron chi connectivity index (χ2n) is 4.04. The predicted molar refractivity (Wildman–Crippen MR) is 73.6 cm³/mol. The normalized spacial score (nSPS) is 10.0. The van der Waals surface area contributed by atoms with Gasteiger partial charge in [-0.1, -0.05) is 6.07 Å². The highest BCUT2D eigenvalue weighted by molar-refractivity contribution is 6.05. The molecule has 0 bridgehead atoms. The Bertz CT molecular complexity index is 685. The first-order valence-corrected chi connectivity index (χ1v) is 5.61. The molecule has 0 heterocycles. The van der Waals surface area contributed by atoms with Gasteiger partial charge >= 0.3 is 0 Å². The number of rotatable bonds is 3. The van der Waals surface area contributed by atoms with Gasteiger partial charge in [-0.25, -0.2) is 0 Å². The van der Waals surface area contributed by atoms with E-state index in [4.69, 9.17) is 5.73 Å². The topological polar surface area (TPSA) is 118 Å². The van der Waals surface area contributed by atoms with Crippen LogP contribution in [-0.2, 0) is 0 Å². The summed E-state index contributed by atoms with van der Waals surface area (Å²) in [6.45, 7) is 0. The Morgan fingerprint density at radius 2 is 2.00 bits per heavy atom. The van der Waals surface area contributed by atoms with Crippen molar-refractivity contribution in [1.29, 1.82) is 0 Å². The number of benzene rings is 2. The molecule has 0 aliphatic rings. The molecule has 20 heavy (non-hydrogen) atoms. The number of carbonyl (C=O) groups is 1. The Balaban J connectivity index is 2.27. The molecular weight excluding hydrogens is 262 g/mol. The minimum absolute atomic E-state index is 0.0355. The second-order valence-corrected chi connectivity index (χ2v) is 4.04. The standard InChI is InChI=1S/C13H11N3O4/c14-9-3-1-2-8(6-9)13(18)15-11-7-10(16(19)20)4-5-12(11)17/h1-7,17H,14H2,(H,15,18). The van der Waals surface area contributed by atoms with E-state index in [9.17, 15) is 20.0 Å². The average molecular weight is 273 g/mol. The summed E-state index contributed by atoms with van der Waals surface area (Å²) in [6, 6.07) is 9.61. The maximum absolute atomic E-state index is 12.0. The summed E-state index contributed by atoms with van der Waals surface area (Å²) in [5, 5.41) is 22.7. The van der Waals surface area contributed by atoms with Crippen molar-refractivity contribution >= 4 is 23.0 Å². The molecule has 1 amide bonds.